The molecule has 3 aromatic rings. The fourth-order valence-corrected chi connectivity index (χ4v) is 2.10. The molecule has 0 unspecified atom stereocenters. The lowest BCUT2D eigenvalue weighted by Gasteiger charge is -2.03. The minimum absolute atomic E-state index is 0.0115. The Hall–Kier alpha value is -2.62. The summed E-state index contributed by atoms with van der Waals surface area (Å²) in [5, 5.41) is 4.33. The van der Waals surface area contributed by atoms with Crippen LogP contribution in [0.15, 0.2) is 65.8 Å². The molecule has 0 spiro atoms. The number of rotatable bonds is 3. The van der Waals surface area contributed by atoms with Crippen molar-refractivity contribution in [2.45, 2.75) is 13.5 Å². The van der Waals surface area contributed by atoms with Crippen molar-refractivity contribution in [2.24, 2.45) is 0 Å². The van der Waals surface area contributed by atoms with E-state index >= 15 is 0 Å². The summed E-state index contributed by atoms with van der Waals surface area (Å²) in [7, 11) is 0. The molecule has 0 aliphatic carbocycles. The maximum atomic E-state index is 11.9. The fraction of sp³-hybridized carbons (Fsp3) is 0.125. The second kappa shape index (κ2) is 5.17. The molecule has 4 nitrogen and oxygen atoms in total. The van der Waals surface area contributed by atoms with Gasteiger partial charge in [0.15, 0.2) is 0 Å². The average molecular weight is 265 g/mol. The maximum Gasteiger partial charge on any atom is 0.251 e. The number of para-hydroxylation sites is 1. The summed E-state index contributed by atoms with van der Waals surface area (Å²) in [4.78, 5) is 11.9. The first-order valence-corrected chi connectivity index (χ1v) is 6.48. The first-order valence-electron chi connectivity index (χ1n) is 6.48. The van der Waals surface area contributed by atoms with Gasteiger partial charge in [-0.2, -0.15) is 5.10 Å². The average Bonchev–Trinajstić information content (AvgIpc) is 2.92. The van der Waals surface area contributed by atoms with Crippen LogP contribution >= 0.6 is 0 Å². The Morgan fingerprint density at radius 3 is 2.70 bits per heavy atom. The SMILES string of the molecule is Cc1ccn(Cc2cnn(-c3ccccc3)c2)c(=O)c1. The van der Waals surface area contributed by atoms with E-state index in [0.29, 0.717) is 6.54 Å². The molecule has 0 atom stereocenters. The van der Waals surface area contributed by atoms with E-state index in [1.54, 1.807) is 16.8 Å². The summed E-state index contributed by atoms with van der Waals surface area (Å²) in [5.74, 6) is 0. The van der Waals surface area contributed by atoms with Crippen LogP contribution in [0.3, 0.4) is 0 Å². The summed E-state index contributed by atoms with van der Waals surface area (Å²) in [6.45, 7) is 2.45. The van der Waals surface area contributed by atoms with Crippen molar-refractivity contribution in [3.8, 4) is 5.69 Å². The standard InChI is InChI=1S/C16H15N3O/c1-13-7-8-18(16(20)9-13)11-14-10-17-19(12-14)15-5-3-2-4-6-15/h2-10,12H,11H2,1H3. The molecule has 20 heavy (non-hydrogen) atoms. The minimum atomic E-state index is 0.0115. The molecule has 3 rings (SSSR count). The van der Waals surface area contributed by atoms with Crippen molar-refractivity contribution < 1.29 is 0 Å². The maximum absolute atomic E-state index is 11.9. The molecule has 0 saturated heterocycles. The zero-order valence-corrected chi connectivity index (χ0v) is 11.2. The van der Waals surface area contributed by atoms with Crippen LogP contribution in [0.4, 0.5) is 0 Å². The van der Waals surface area contributed by atoms with Crippen LogP contribution in [-0.4, -0.2) is 14.3 Å². The normalized spacial score (nSPS) is 10.7. The zero-order chi connectivity index (χ0) is 13.9. The Bertz CT molecular complexity index is 772. The molecule has 0 radical (unpaired) electrons. The van der Waals surface area contributed by atoms with Gasteiger partial charge in [-0.1, -0.05) is 18.2 Å². The summed E-state index contributed by atoms with van der Waals surface area (Å²) < 4.78 is 3.49. The molecular formula is C16H15N3O. The monoisotopic (exact) mass is 265 g/mol. The first kappa shape index (κ1) is 12.4. The number of hydrogen-bond donors (Lipinski definition) is 0. The minimum Gasteiger partial charge on any atom is -0.311 e. The van der Waals surface area contributed by atoms with E-state index in [-0.39, 0.29) is 5.56 Å². The highest BCUT2D eigenvalue weighted by molar-refractivity contribution is 5.31. The van der Waals surface area contributed by atoms with Crippen LogP contribution < -0.4 is 5.56 Å². The van der Waals surface area contributed by atoms with Gasteiger partial charge in [0.25, 0.3) is 5.56 Å². The van der Waals surface area contributed by atoms with Crippen LogP contribution in [0, 0.1) is 6.92 Å². The van der Waals surface area contributed by atoms with E-state index in [9.17, 15) is 4.79 Å². The van der Waals surface area contributed by atoms with Crippen LogP contribution in [0.1, 0.15) is 11.1 Å². The van der Waals surface area contributed by atoms with Crippen molar-refractivity contribution in [1.29, 1.82) is 0 Å². The van der Waals surface area contributed by atoms with E-state index < -0.39 is 0 Å². The van der Waals surface area contributed by atoms with Crippen LogP contribution in [-0.2, 0) is 6.54 Å². The molecule has 4 heteroatoms. The van der Waals surface area contributed by atoms with Crippen molar-refractivity contribution >= 4 is 0 Å². The number of aryl methyl sites for hydroxylation is 1. The highest BCUT2D eigenvalue weighted by Gasteiger charge is 2.03. The summed E-state index contributed by atoms with van der Waals surface area (Å²) in [5.41, 5.74) is 3.00. The first-order chi connectivity index (χ1) is 9.72. The lowest BCUT2D eigenvalue weighted by atomic mass is 10.3. The number of aromatic nitrogens is 3. The largest absolute Gasteiger partial charge is 0.311 e. The predicted octanol–water partition coefficient (Wildman–Crippen LogP) is 2.39. The van der Waals surface area contributed by atoms with Crippen molar-refractivity contribution in [1.82, 2.24) is 14.3 Å². The molecule has 2 aromatic heterocycles. The molecule has 0 aliphatic heterocycles. The van der Waals surface area contributed by atoms with Crippen molar-refractivity contribution in [2.75, 3.05) is 0 Å². The smallest absolute Gasteiger partial charge is 0.251 e. The molecule has 1 aromatic carbocycles. The van der Waals surface area contributed by atoms with Crippen LogP contribution in [0.2, 0.25) is 0 Å². The molecule has 0 bridgehead atoms. The second-order valence-corrected chi connectivity index (χ2v) is 4.80. The van der Waals surface area contributed by atoms with Crippen LogP contribution in [0.5, 0.6) is 0 Å². The van der Waals surface area contributed by atoms with Gasteiger partial charge in [-0.15, -0.1) is 0 Å². The third-order valence-corrected chi connectivity index (χ3v) is 3.16. The molecule has 0 amide bonds. The Kier molecular flexibility index (Phi) is 3.21. The van der Waals surface area contributed by atoms with Gasteiger partial charge >= 0.3 is 0 Å². The van der Waals surface area contributed by atoms with E-state index in [1.165, 1.54) is 0 Å². The highest BCUT2D eigenvalue weighted by Crippen LogP contribution is 2.08. The third kappa shape index (κ3) is 2.54. The number of benzene rings is 1. The quantitative estimate of drug-likeness (QED) is 0.729. The second-order valence-electron chi connectivity index (χ2n) is 4.80. The van der Waals surface area contributed by atoms with Gasteiger partial charge in [-0.3, -0.25) is 4.79 Å². The van der Waals surface area contributed by atoms with Gasteiger partial charge in [0.2, 0.25) is 0 Å². The predicted molar refractivity (Wildman–Crippen MR) is 78.1 cm³/mol. The Morgan fingerprint density at radius 2 is 1.95 bits per heavy atom. The zero-order valence-electron chi connectivity index (χ0n) is 11.2. The van der Waals surface area contributed by atoms with Gasteiger partial charge in [0, 0.05) is 24.0 Å². The molecule has 2 heterocycles. The summed E-state index contributed by atoms with van der Waals surface area (Å²) >= 11 is 0. The van der Waals surface area contributed by atoms with Gasteiger partial charge in [0.05, 0.1) is 18.4 Å². The summed E-state index contributed by atoms with van der Waals surface area (Å²) in [6.07, 6.45) is 5.55. The Morgan fingerprint density at radius 1 is 1.15 bits per heavy atom. The molecule has 100 valence electrons. The van der Waals surface area contributed by atoms with E-state index in [4.69, 9.17) is 0 Å². The highest BCUT2D eigenvalue weighted by atomic mass is 16.1. The molecule has 0 fully saturated rings. The van der Waals surface area contributed by atoms with E-state index in [2.05, 4.69) is 5.10 Å². The molecule has 0 aliphatic rings. The van der Waals surface area contributed by atoms with Gasteiger partial charge in [-0.25, -0.2) is 4.68 Å². The number of nitrogens with zero attached hydrogens (tertiary/aromatic N) is 3. The molecule has 0 saturated carbocycles. The fourth-order valence-electron chi connectivity index (χ4n) is 2.10. The Balaban J connectivity index is 1.86. The third-order valence-electron chi connectivity index (χ3n) is 3.16. The van der Waals surface area contributed by atoms with Gasteiger partial charge in [0.1, 0.15) is 0 Å². The number of pyridine rings is 1. The number of hydrogen-bond acceptors (Lipinski definition) is 2. The molecule has 0 N–H and O–H groups in total. The lowest BCUT2D eigenvalue weighted by molar-refractivity contribution is 0.756. The summed E-state index contributed by atoms with van der Waals surface area (Å²) in [6, 6.07) is 13.5. The van der Waals surface area contributed by atoms with Gasteiger partial charge in [-0.05, 0) is 30.7 Å². The van der Waals surface area contributed by atoms with Crippen molar-refractivity contribution in [3.63, 3.8) is 0 Å². The van der Waals surface area contributed by atoms with E-state index in [0.717, 1.165) is 16.8 Å². The van der Waals surface area contributed by atoms with Crippen LogP contribution in [0.25, 0.3) is 5.69 Å². The van der Waals surface area contributed by atoms with E-state index in [1.807, 2.05) is 60.4 Å². The Labute approximate surface area is 116 Å². The topological polar surface area (TPSA) is 39.8 Å². The lowest BCUT2D eigenvalue weighted by Crippen LogP contribution is -2.18. The van der Waals surface area contributed by atoms with Gasteiger partial charge < -0.3 is 4.57 Å². The molecular weight excluding hydrogens is 250 g/mol. The van der Waals surface area contributed by atoms with Crippen molar-refractivity contribution in [3.05, 3.63) is 82.5 Å².